The van der Waals surface area contributed by atoms with Crippen molar-refractivity contribution in [3.63, 3.8) is 0 Å². The minimum atomic E-state index is -1.03. The lowest BCUT2D eigenvalue weighted by molar-refractivity contribution is -0.941. The zero-order chi connectivity index (χ0) is 31.6. The average Bonchev–Trinajstić information content (AvgIpc) is 2.99. The van der Waals surface area contributed by atoms with Gasteiger partial charge < -0.3 is 43.2 Å². The Hall–Kier alpha value is -3.08. The number of aliphatic carboxylic acids is 2. The van der Waals surface area contributed by atoms with Crippen LogP contribution in [0, 0.1) is 5.92 Å². The van der Waals surface area contributed by atoms with Crippen molar-refractivity contribution >= 4 is 36.8 Å². The van der Waals surface area contributed by atoms with E-state index in [1.807, 2.05) is 12.1 Å². The number of likely N-dealkylation sites (N-methyl/N-ethyl adjacent to an activating group) is 1. The van der Waals surface area contributed by atoms with E-state index in [1.54, 1.807) is 35.5 Å². The highest BCUT2D eigenvalue weighted by molar-refractivity contribution is 5.85. The van der Waals surface area contributed by atoms with Gasteiger partial charge in [0.1, 0.15) is 6.04 Å². The molecule has 0 amide bonds. The Morgan fingerprint density at radius 2 is 1.42 bits per heavy atom. The molecule has 3 atom stereocenters. The van der Waals surface area contributed by atoms with Crippen molar-refractivity contribution < 1.29 is 48.0 Å². The Morgan fingerprint density at radius 1 is 0.844 bits per heavy atom. The number of hydrogen-bond acceptors (Lipinski definition) is 8. The monoisotopic (exact) mass is 673 g/mol. The van der Waals surface area contributed by atoms with Gasteiger partial charge in [-0.25, -0.2) is 0 Å². The van der Waals surface area contributed by atoms with Crippen LogP contribution in [0.25, 0.3) is 0 Å². The van der Waals surface area contributed by atoms with Crippen molar-refractivity contribution in [1.29, 1.82) is 0 Å². The van der Waals surface area contributed by atoms with E-state index in [2.05, 4.69) is 19.2 Å². The van der Waals surface area contributed by atoms with Gasteiger partial charge in [0.15, 0.2) is 23.0 Å². The van der Waals surface area contributed by atoms with E-state index in [9.17, 15) is 14.7 Å². The van der Waals surface area contributed by atoms with Gasteiger partial charge in [-0.1, -0.05) is 12.8 Å². The second-order valence-electron chi connectivity index (χ2n) is 11.5. The number of carboxylic acid groups (broad SMARTS) is 2. The molecule has 0 saturated heterocycles. The van der Waals surface area contributed by atoms with E-state index >= 15 is 0 Å². The van der Waals surface area contributed by atoms with Crippen LogP contribution in [-0.2, 0) is 22.4 Å². The fourth-order valence-electron chi connectivity index (χ4n) is 6.33. The number of methoxy groups -OCH3 is 5. The number of quaternary nitrogens is 1. The Balaban J connectivity index is 0.00000506. The highest BCUT2D eigenvalue weighted by Gasteiger charge is 2.40. The molecule has 45 heavy (non-hydrogen) atoms. The third-order valence-electron chi connectivity index (χ3n) is 8.80. The number of carbonyl (C=O) groups excluding carboxylic acids is 1. The quantitative estimate of drug-likeness (QED) is 0.171. The van der Waals surface area contributed by atoms with Crippen LogP contribution in [0.1, 0.15) is 67.7 Å². The summed E-state index contributed by atoms with van der Waals surface area (Å²) in [7, 11) is 10.3. The van der Waals surface area contributed by atoms with E-state index in [4.69, 9.17) is 28.8 Å². The Kier molecular flexibility index (Phi) is 16.7. The van der Waals surface area contributed by atoms with Gasteiger partial charge in [-0.2, -0.15) is 0 Å². The molecule has 3 rings (SSSR count). The number of fused-ring (bicyclic) bond motifs is 1. The van der Waals surface area contributed by atoms with Crippen LogP contribution in [0.5, 0.6) is 28.7 Å². The topological polar surface area (TPSA) is 124 Å². The SMILES string of the molecule is COc1cc2c(cc1OC)[C@@H](Cc1cc(OC)c(OC)c(OC)c1)[N@@+](C)(CCCC(CCCCCC(=O)O)C(=O)[O-])CC2.Cl.Cl. The number of carbonyl (C=O) groups is 2. The molecule has 1 unspecified atom stereocenters. The summed E-state index contributed by atoms with van der Waals surface area (Å²) in [4.78, 5) is 22.7. The Bertz CT molecular complexity index is 1230. The van der Waals surface area contributed by atoms with Gasteiger partial charge in [0.25, 0.3) is 0 Å². The van der Waals surface area contributed by atoms with Gasteiger partial charge in [0, 0.05) is 30.8 Å². The summed E-state index contributed by atoms with van der Waals surface area (Å²) >= 11 is 0. The molecule has 2 aromatic carbocycles. The summed E-state index contributed by atoms with van der Waals surface area (Å²) in [5, 5.41) is 20.8. The average molecular weight is 675 g/mol. The van der Waals surface area contributed by atoms with Crippen LogP contribution in [0.3, 0.4) is 0 Å². The smallest absolute Gasteiger partial charge is 0.303 e. The molecule has 1 aliphatic heterocycles. The van der Waals surface area contributed by atoms with Crippen molar-refractivity contribution in [2.45, 2.75) is 63.8 Å². The molecule has 1 aliphatic rings. The molecule has 0 aromatic heterocycles. The summed E-state index contributed by atoms with van der Waals surface area (Å²) in [6, 6.07) is 8.15. The third kappa shape index (κ3) is 10.2. The first-order valence-electron chi connectivity index (χ1n) is 14.9. The standard InChI is InChI=1S/C33H47NO9.2ClH/c1-34(15-10-12-23(33(37)38)11-8-7-9-13-31(35)36)16-14-24-20-27(39-2)28(40-3)21-25(24)26(34)17-22-18-29(41-4)32(43-6)30(19-22)42-5;;/h18-21,23,26H,7-17H2,1-6H3,(H-,35,36,37,38);2*1H/t23?,26-,34+;;/m1../s1. The molecule has 0 radical (unpaired) electrons. The minimum absolute atomic E-state index is 0. The van der Waals surface area contributed by atoms with Crippen molar-refractivity contribution in [3.05, 3.63) is 41.0 Å². The molecule has 0 bridgehead atoms. The van der Waals surface area contributed by atoms with E-state index in [1.165, 1.54) is 11.1 Å². The second-order valence-corrected chi connectivity index (χ2v) is 11.5. The van der Waals surface area contributed by atoms with Crippen molar-refractivity contribution in [2.75, 3.05) is 55.7 Å². The number of carboxylic acids is 2. The molecule has 254 valence electrons. The molecule has 0 spiro atoms. The summed E-state index contributed by atoms with van der Waals surface area (Å²) in [6.07, 6.45) is 5.32. The van der Waals surface area contributed by atoms with E-state index in [0.29, 0.717) is 67.3 Å². The van der Waals surface area contributed by atoms with Crippen molar-refractivity contribution in [1.82, 2.24) is 0 Å². The number of nitrogens with zero attached hydrogens (tertiary/aromatic N) is 1. The van der Waals surface area contributed by atoms with Crippen LogP contribution in [-0.4, -0.2) is 77.2 Å². The van der Waals surface area contributed by atoms with E-state index in [0.717, 1.165) is 36.0 Å². The number of benzene rings is 2. The molecule has 0 saturated carbocycles. The van der Waals surface area contributed by atoms with Gasteiger partial charge in [-0.15, -0.1) is 24.8 Å². The van der Waals surface area contributed by atoms with Gasteiger partial charge in [-0.05, 0) is 67.0 Å². The predicted molar refractivity (Wildman–Crippen MR) is 175 cm³/mol. The number of halogens is 2. The first-order valence-corrected chi connectivity index (χ1v) is 14.9. The molecule has 0 aliphatic carbocycles. The van der Waals surface area contributed by atoms with Crippen LogP contribution in [0.2, 0.25) is 0 Å². The lowest BCUT2D eigenvalue weighted by Crippen LogP contribution is -2.52. The second kappa shape index (κ2) is 18.8. The molecule has 2 aromatic rings. The van der Waals surface area contributed by atoms with Gasteiger partial charge in [-0.3, -0.25) is 4.79 Å². The van der Waals surface area contributed by atoms with E-state index < -0.39 is 17.9 Å². The zero-order valence-corrected chi connectivity index (χ0v) is 28.9. The number of hydrogen-bond donors (Lipinski definition) is 1. The maximum atomic E-state index is 11.9. The van der Waals surface area contributed by atoms with Crippen LogP contribution >= 0.6 is 24.8 Å². The molecular weight excluding hydrogens is 625 g/mol. The summed E-state index contributed by atoms with van der Waals surface area (Å²) in [5.41, 5.74) is 3.41. The lowest BCUT2D eigenvalue weighted by atomic mass is 9.85. The van der Waals surface area contributed by atoms with Crippen LogP contribution in [0.4, 0.5) is 0 Å². The molecule has 1 N–H and O–H groups in total. The highest BCUT2D eigenvalue weighted by Crippen LogP contribution is 2.45. The normalized spacial score (nSPS) is 17.5. The first-order chi connectivity index (χ1) is 20.6. The number of ether oxygens (including phenoxy) is 5. The number of unbranched alkanes of at least 4 members (excludes halogenated alkanes) is 2. The number of rotatable bonds is 18. The molecule has 12 heteroatoms. The van der Waals surface area contributed by atoms with Crippen LogP contribution in [0.15, 0.2) is 24.3 Å². The fourth-order valence-corrected chi connectivity index (χ4v) is 6.33. The van der Waals surface area contributed by atoms with E-state index in [-0.39, 0.29) is 37.3 Å². The Morgan fingerprint density at radius 3 is 1.96 bits per heavy atom. The maximum absolute atomic E-state index is 11.9. The largest absolute Gasteiger partial charge is 0.550 e. The molecule has 1 heterocycles. The minimum Gasteiger partial charge on any atom is -0.550 e. The molecular formula is C33H49Cl2NO9. The fraction of sp³-hybridized carbons (Fsp3) is 0.576. The third-order valence-corrected chi connectivity index (χ3v) is 8.80. The van der Waals surface area contributed by atoms with Gasteiger partial charge >= 0.3 is 5.97 Å². The maximum Gasteiger partial charge on any atom is 0.303 e. The molecule has 0 fully saturated rings. The first kappa shape index (κ1) is 39.9. The zero-order valence-electron chi connectivity index (χ0n) is 27.2. The summed E-state index contributed by atoms with van der Waals surface area (Å²) in [6.45, 7) is 1.66. The predicted octanol–water partition coefficient (Wildman–Crippen LogP) is 5.04. The van der Waals surface area contributed by atoms with Crippen molar-refractivity contribution in [3.8, 4) is 28.7 Å². The van der Waals surface area contributed by atoms with Crippen LogP contribution < -0.4 is 28.8 Å². The van der Waals surface area contributed by atoms with Gasteiger partial charge in [0.2, 0.25) is 5.75 Å². The highest BCUT2D eigenvalue weighted by atomic mass is 35.5. The summed E-state index contributed by atoms with van der Waals surface area (Å²) in [5.74, 6) is 0.686. The Labute approximate surface area is 279 Å². The lowest BCUT2D eigenvalue weighted by Gasteiger charge is -2.46. The molecule has 10 nitrogen and oxygen atoms in total. The van der Waals surface area contributed by atoms with Crippen molar-refractivity contribution in [2.24, 2.45) is 5.92 Å². The summed E-state index contributed by atoms with van der Waals surface area (Å²) < 4.78 is 28.8. The van der Waals surface area contributed by atoms with Gasteiger partial charge in [0.05, 0.1) is 55.7 Å².